The zero-order chi connectivity index (χ0) is 18.9. The van der Waals surface area contributed by atoms with Crippen molar-refractivity contribution in [3.8, 4) is 11.5 Å². The third-order valence-corrected chi connectivity index (χ3v) is 3.62. The van der Waals surface area contributed by atoms with Crippen LogP contribution in [0.3, 0.4) is 0 Å². The molecule has 136 valence electrons. The van der Waals surface area contributed by atoms with E-state index in [9.17, 15) is 9.59 Å². The maximum absolute atomic E-state index is 12.2. The summed E-state index contributed by atoms with van der Waals surface area (Å²) in [4.78, 5) is 25.6. The number of methoxy groups -OCH3 is 2. The average Bonchev–Trinajstić information content (AvgIpc) is 2.66. The van der Waals surface area contributed by atoms with E-state index in [0.29, 0.717) is 17.2 Å². The maximum atomic E-state index is 12.2. The molecule has 0 unspecified atom stereocenters. The summed E-state index contributed by atoms with van der Waals surface area (Å²) in [7, 11) is 4.72. The van der Waals surface area contributed by atoms with Gasteiger partial charge in [0, 0.05) is 24.9 Å². The van der Waals surface area contributed by atoms with Crippen LogP contribution >= 0.6 is 0 Å². The molecule has 2 aromatic rings. The van der Waals surface area contributed by atoms with Gasteiger partial charge in [0.15, 0.2) is 0 Å². The van der Waals surface area contributed by atoms with Gasteiger partial charge in [0.2, 0.25) is 11.8 Å². The minimum atomic E-state index is -0.288. The highest BCUT2D eigenvalue weighted by Gasteiger charge is 2.11. The van der Waals surface area contributed by atoms with Gasteiger partial charge in [0.1, 0.15) is 11.5 Å². The Morgan fingerprint density at radius 3 is 2.38 bits per heavy atom. The Balaban J connectivity index is 1.91. The van der Waals surface area contributed by atoms with Crippen LogP contribution < -0.4 is 14.8 Å². The van der Waals surface area contributed by atoms with Crippen molar-refractivity contribution in [2.24, 2.45) is 0 Å². The Hall–Kier alpha value is -3.28. The van der Waals surface area contributed by atoms with E-state index < -0.39 is 0 Å². The van der Waals surface area contributed by atoms with Crippen molar-refractivity contribution in [3.05, 3.63) is 60.2 Å². The van der Waals surface area contributed by atoms with E-state index in [-0.39, 0.29) is 18.4 Å². The Morgan fingerprint density at radius 1 is 1.04 bits per heavy atom. The summed E-state index contributed by atoms with van der Waals surface area (Å²) in [6.45, 7) is -0.0570. The van der Waals surface area contributed by atoms with Crippen LogP contribution in [-0.2, 0) is 9.59 Å². The van der Waals surface area contributed by atoms with E-state index >= 15 is 0 Å². The zero-order valence-electron chi connectivity index (χ0n) is 15.1. The third-order valence-electron chi connectivity index (χ3n) is 3.62. The second kappa shape index (κ2) is 9.27. The van der Waals surface area contributed by atoms with E-state index in [2.05, 4.69) is 5.32 Å². The lowest BCUT2D eigenvalue weighted by Crippen LogP contribution is -2.33. The Morgan fingerprint density at radius 2 is 1.69 bits per heavy atom. The summed E-state index contributed by atoms with van der Waals surface area (Å²) in [5.74, 6) is 0.802. The number of nitrogens with one attached hydrogen (secondary N) is 1. The molecular formula is C20H22N2O4. The van der Waals surface area contributed by atoms with Gasteiger partial charge in [-0.3, -0.25) is 9.59 Å². The molecule has 6 heteroatoms. The Kier molecular flexibility index (Phi) is 6.79. The summed E-state index contributed by atoms with van der Waals surface area (Å²) < 4.78 is 10.3. The summed E-state index contributed by atoms with van der Waals surface area (Å²) in [5.41, 5.74) is 1.45. The highest BCUT2D eigenvalue weighted by Crippen LogP contribution is 2.16. The Bertz CT molecular complexity index is 802. The molecule has 0 aromatic heterocycles. The predicted molar refractivity (Wildman–Crippen MR) is 101 cm³/mol. The van der Waals surface area contributed by atoms with Gasteiger partial charge in [-0.2, -0.15) is 0 Å². The molecule has 0 bridgehead atoms. The summed E-state index contributed by atoms with van der Waals surface area (Å²) in [5, 5.41) is 2.74. The monoisotopic (exact) mass is 354 g/mol. The van der Waals surface area contributed by atoms with Gasteiger partial charge in [0.05, 0.1) is 20.8 Å². The number of hydrogen-bond acceptors (Lipinski definition) is 4. The van der Waals surface area contributed by atoms with Crippen LogP contribution in [0.1, 0.15) is 5.56 Å². The Labute approximate surface area is 153 Å². The standard InChI is InChI=1S/C20H22N2O4/c1-22(14-19(23)21-16-7-5-9-18(13-16)26-3)20(24)11-10-15-6-4-8-17(12-15)25-2/h4-13H,14H2,1-3H3,(H,21,23)/b11-10+. The van der Waals surface area contributed by atoms with Gasteiger partial charge in [-0.15, -0.1) is 0 Å². The predicted octanol–water partition coefficient (Wildman–Crippen LogP) is 2.81. The van der Waals surface area contributed by atoms with Crippen LogP contribution in [0.5, 0.6) is 11.5 Å². The third kappa shape index (κ3) is 5.66. The molecule has 1 N–H and O–H groups in total. The summed E-state index contributed by atoms with van der Waals surface area (Å²) in [6.07, 6.45) is 3.11. The van der Waals surface area contributed by atoms with Gasteiger partial charge in [-0.05, 0) is 35.9 Å². The van der Waals surface area contributed by atoms with Crippen molar-refractivity contribution in [1.29, 1.82) is 0 Å². The van der Waals surface area contributed by atoms with Gasteiger partial charge in [0.25, 0.3) is 0 Å². The fourth-order valence-electron chi connectivity index (χ4n) is 2.23. The molecule has 0 fully saturated rings. The van der Waals surface area contributed by atoms with Crippen molar-refractivity contribution >= 4 is 23.6 Å². The largest absolute Gasteiger partial charge is 0.497 e. The van der Waals surface area contributed by atoms with Crippen molar-refractivity contribution in [2.45, 2.75) is 0 Å². The molecule has 0 aliphatic carbocycles. The van der Waals surface area contributed by atoms with E-state index in [1.165, 1.54) is 11.0 Å². The number of amides is 2. The van der Waals surface area contributed by atoms with Crippen molar-refractivity contribution < 1.29 is 19.1 Å². The van der Waals surface area contributed by atoms with E-state index in [1.807, 2.05) is 24.3 Å². The minimum absolute atomic E-state index is 0.0570. The number of hydrogen-bond donors (Lipinski definition) is 1. The van der Waals surface area contributed by atoms with Gasteiger partial charge >= 0.3 is 0 Å². The zero-order valence-corrected chi connectivity index (χ0v) is 15.1. The van der Waals surface area contributed by atoms with Crippen molar-refractivity contribution in [3.63, 3.8) is 0 Å². The fraction of sp³-hybridized carbons (Fsp3) is 0.200. The SMILES string of the molecule is COc1cccc(/C=C/C(=O)N(C)CC(=O)Nc2cccc(OC)c2)c1. The maximum Gasteiger partial charge on any atom is 0.246 e. The molecule has 2 amide bonds. The highest BCUT2D eigenvalue weighted by atomic mass is 16.5. The highest BCUT2D eigenvalue weighted by molar-refractivity contribution is 5.98. The molecule has 0 aliphatic rings. The molecule has 2 rings (SSSR count). The lowest BCUT2D eigenvalue weighted by molar-refractivity contribution is -0.129. The first kappa shape index (κ1) is 19.1. The lowest BCUT2D eigenvalue weighted by atomic mass is 10.2. The van der Waals surface area contributed by atoms with Crippen LogP contribution in [0.4, 0.5) is 5.69 Å². The first-order valence-corrected chi connectivity index (χ1v) is 8.03. The van der Waals surface area contributed by atoms with Crippen LogP contribution in [0.2, 0.25) is 0 Å². The quantitative estimate of drug-likeness (QED) is 0.777. The lowest BCUT2D eigenvalue weighted by Gasteiger charge is -2.15. The average molecular weight is 354 g/mol. The molecule has 0 heterocycles. The minimum Gasteiger partial charge on any atom is -0.497 e. The van der Waals surface area contributed by atoms with E-state index in [1.54, 1.807) is 51.6 Å². The second-order valence-electron chi connectivity index (χ2n) is 5.58. The summed E-state index contributed by atoms with van der Waals surface area (Å²) in [6, 6.07) is 14.4. The normalized spacial score (nSPS) is 10.4. The topological polar surface area (TPSA) is 67.9 Å². The number of carbonyl (C=O) groups is 2. The molecule has 0 spiro atoms. The molecule has 0 saturated heterocycles. The first-order chi connectivity index (χ1) is 12.5. The van der Waals surface area contributed by atoms with Crippen LogP contribution in [0.15, 0.2) is 54.6 Å². The number of nitrogens with zero attached hydrogens (tertiary/aromatic N) is 1. The number of benzene rings is 2. The van der Waals surface area contributed by atoms with E-state index in [0.717, 1.165) is 5.56 Å². The van der Waals surface area contributed by atoms with Gasteiger partial charge < -0.3 is 19.7 Å². The fourth-order valence-corrected chi connectivity index (χ4v) is 2.23. The number of rotatable bonds is 7. The molecule has 6 nitrogen and oxygen atoms in total. The molecule has 0 saturated carbocycles. The molecule has 0 atom stereocenters. The van der Waals surface area contributed by atoms with Crippen molar-refractivity contribution in [1.82, 2.24) is 4.90 Å². The number of carbonyl (C=O) groups excluding carboxylic acids is 2. The smallest absolute Gasteiger partial charge is 0.246 e. The summed E-state index contributed by atoms with van der Waals surface area (Å²) >= 11 is 0. The molecular weight excluding hydrogens is 332 g/mol. The van der Waals surface area contributed by atoms with Crippen LogP contribution in [-0.4, -0.2) is 44.5 Å². The number of anilines is 1. The second-order valence-corrected chi connectivity index (χ2v) is 5.58. The molecule has 0 radical (unpaired) electrons. The number of likely N-dealkylation sites (N-methyl/N-ethyl adjacent to an activating group) is 1. The van der Waals surface area contributed by atoms with Gasteiger partial charge in [-0.25, -0.2) is 0 Å². The number of ether oxygens (including phenoxy) is 2. The molecule has 2 aromatic carbocycles. The van der Waals surface area contributed by atoms with Crippen molar-refractivity contribution in [2.75, 3.05) is 33.1 Å². The molecule has 0 aliphatic heterocycles. The van der Waals surface area contributed by atoms with E-state index in [4.69, 9.17) is 9.47 Å². The molecule has 26 heavy (non-hydrogen) atoms. The van der Waals surface area contributed by atoms with Crippen LogP contribution in [0, 0.1) is 0 Å². The van der Waals surface area contributed by atoms with Crippen LogP contribution in [0.25, 0.3) is 6.08 Å². The first-order valence-electron chi connectivity index (χ1n) is 8.03. The van der Waals surface area contributed by atoms with Gasteiger partial charge in [-0.1, -0.05) is 18.2 Å².